The van der Waals surface area contributed by atoms with E-state index in [9.17, 15) is 9.90 Å². The summed E-state index contributed by atoms with van der Waals surface area (Å²) < 4.78 is 0. The number of aliphatic hydroxyl groups is 1. The number of hydrogen-bond donors (Lipinski definition) is 1. The maximum atomic E-state index is 11.9. The summed E-state index contributed by atoms with van der Waals surface area (Å²) in [5, 5.41) is 9.67. The first-order valence-electron chi connectivity index (χ1n) is 5.30. The third-order valence-electron chi connectivity index (χ3n) is 2.42. The second-order valence-corrected chi connectivity index (χ2v) is 4.77. The summed E-state index contributed by atoms with van der Waals surface area (Å²) in [6, 6.07) is 5.90. The highest BCUT2D eigenvalue weighted by Crippen LogP contribution is 2.20. The zero-order valence-corrected chi connectivity index (χ0v) is 10.5. The average molecular weight is 221 g/mol. The Labute approximate surface area is 96.7 Å². The van der Waals surface area contributed by atoms with E-state index in [1.165, 1.54) is 18.7 Å². The van der Waals surface area contributed by atoms with Gasteiger partial charge >= 0.3 is 0 Å². The molecule has 0 bridgehead atoms. The molecular formula is C13H19NO2. The van der Waals surface area contributed by atoms with Gasteiger partial charge in [-0.05, 0) is 51.0 Å². The Bertz CT molecular complexity index is 385. The average Bonchev–Trinajstić information content (AvgIpc) is 2.12. The van der Waals surface area contributed by atoms with Crippen LogP contribution in [0.15, 0.2) is 18.2 Å². The molecule has 0 saturated carbocycles. The maximum absolute atomic E-state index is 11.9. The van der Waals surface area contributed by atoms with E-state index in [1.807, 2.05) is 32.0 Å². The number of hydrogen-bond acceptors (Lipinski definition) is 2. The van der Waals surface area contributed by atoms with Gasteiger partial charge in [0.05, 0.1) is 0 Å². The topological polar surface area (TPSA) is 40.5 Å². The number of nitrogens with zero attached hydrogens (tertiary/aromatic N) is 1. The van der Waals surface area contributed by atoms with E-state index in [1.54, 1.807) is 7.05 Å². The molecule has 0 aliphatic heterocycles. The number of benzene rings is 1. The molecule has 0 unspecified atom stereocenters. The summed E-state index contributed by atoms with van der Waals surface area (Å²) >= 11 is 0. The van der Waals surface area contributed by atoms with Crippen LogP contribution in [0.5, 0.6) is 0 Å². The Morgan fingerprint density at radius 1 is 1.19 bits per heavy atom. The number of likely N-dealkylation sites (N-methyl/N-ethyl adjacent to an activating group) is 1. The van der Waals surface area contributed by atoms with Crippen LogP contribution in [0.1, 0.15) is 25.0 Å². The molecule has 0 heterocycles. The van der Waals surface area contributed by atoms with Crippen LogP contribution in [0, 0.1) is 13.8 Å². The van der Waals surface area contributed by atoms with Gasteiger partial charge in [0.2, 0.25) is 0 Å². The smallest absolute Gasteiger partial charge is 0.258 e. The monoisotopic (exact) mass is 221 g/mol. The van der Waals surface area contributed by atoms with Crippen molar-refractivity contribution < 1.29 is 9.90 Å². The second kappa shape index (κ2) is 4.26. The van der Waals surface area contributed by atoms with Gasteiger partial charge in [-0.15, -0.1) is 0 Å². The van der Waals surface area contributed by atoms with Crippen molar-refractivity contribution in [2.45, 2.75) is 33.3 Å². The van der Waals surface area contributed by atoms with E-state index in [4.69, 9.17) is 0 Å². The van der Waals surface area contributed by atoms with E-state index < -0.39 is 5.60 Å². The highest BCUT2D eigenvalue weighted by Gasteiger charge is 2.28. The first kappa shape index (κ1) is 12.7. The summed E-state index contributed by atoms with van der Waals surface area (Å²) in [5.41, 5.74) is 1.67. The number of carbonyl (C=O) groups excluding carboxylic acids is 1. The molecule has 16 heavy (non-hydrogen) atoms. The summed E-state index contributed by atoms with van der Waals surface area (Å²) in [7, 11) is 1.68. The highest BCUT2D eigenvalue weighted by atomic mass is 16.3. The quantitative estimate of drug-likeness (QED) is 0.830. The van der Waals surface area contributed by atoms with E-state index in [2.05, 4.69) is 0 Å². The lowest BCUT2D eigenvalue weighted by atomic mass is 10.1. The van der Waals surface area contributed by atoms with Crippen molar-refractivity contribution >= 4 is 11.6 Å². The van der Waals surface area contributed by atoms with Crippen LogP contribution in [-0.2, 0) is 4.79 Å². The van der Waals surface area contributed by atoms with Crippen LogP contribution in [0.4, 0.5) is 5.69 Å². The van der Waals surface area contributed by atoms with Gasteiger partial charge in [-0.3, -0.25) is 4.79 Å². The molecule has 3 heteroatoms. The van der Waals surface area contributed by atoms with Crippen LogP contribution >= 0.6 is 0 Å². The third-order valence-corrected chi connectivity index (χ3v) is 2.42. The molecule has 0 aliphatic rings. The SMILES string of the molecule is Cc1cc(C)cc(N(C)C(=O)C(C)(C)O)c1. The van der Waals surface area contributed by atoms with Gasteiger partial charge in [-0.2, -0.15) is 0 Å². The number of carbonyl (C=O) groups is 1. The van der Waals surface area contributed by atoms with Gasteiger partial charge in [-0.25, -0.2) is 0 Å². The zero-order chi connectivity index (χ0) is 12.5. The van der Waals surface area contributed by atoms with Gasteiger partial charge < -0.3 is 10.0 Å². The molecule has 1 aromatic rings. The maximum Gasteiger partial charge on any atom is 0.258 e. The lowest BCUT2D eigenvalue weighted by Crippen LogP contribution is -2.43. The minimum atomic E-state index is -1.34. The van der Waals surface area contributed by atoms with Crippen LogP contribution in [0.3, 0.4) is 0 Å². The van der Waals surface area contributed by atoms with Crippen molar-refractivity contribution in [3.63, 3.8) is 0 Å². The Morgan fingerprint density at radius 2 is 1.62 bits per heavy atom. The first-order chi connectivity index (χ1) is 7.21. The standard InChI is InChI=1S/C13H19NO2/c1-9-6-10(2)8-11(7-9)14(5)12(15)13(3,4)16/h6-8,16H,1-5H3. The molecule has 1 aromatic carbocycles. The normalized spacial score (nSPS) is 11.4. The molecule has 88 valence electrons. The predicted molar refractivity (Wildman–Crippen MR) is 65.6 cm³/mol. The van der Waals surface area contributed by atoms with E-state index in [0.717, 1.165) is 16.8 Å². The molecule has 1 rings (SSSR count). The molecule has 0 aliphatic carbocycles. The van der Waals surface area contributed by atoms with Gasteiger partial charge in [0.1, 0.15) is 5.60 Å². The van der Waals surface area contributed by atoms with Crippen molar-refractivity contribution in [1.29, 1.82) is 0 Å². The molecule has 0 spiro atoms. The van der Waals surface area contributed by atoms with Gasteiger partial charge in [-0.1, -0.05) is 6.07 Å². The summed E-state index contributed by atoms with van der Waals surface area (Å²) in [5.74, 6) is -0.308. The largest absolute Gasteiger partial charge is 0.381 e. The van der Waals surface area contributed by atoms with Crippen LogP contribution in [0.25, 0.3) is 0 Å². The van der Waals surface area contributed by atoms with Crippen LogP contribution in [-0.4, -0.2) is 23.7 Å². The van der Waals surface area contributed by atoms with E-state index >= 15 is 0 Å². The van der Waals surface area contributed by atoms with E-state index in [0.29, 0.717) is 0 Å². The zero-order valence-electron chi connectivity index (χ0n) is 10.5. The van der Waals surface area contributed by atoms with Crippen molar-refractivity contribution in [2.75, 3.05) is 11.9 Å². The minimum absolute atomic E-state index is 0.308. The fraction of sp³-hybridized carbons (Fsp3) is 0.462. The molecule has 1 amide bonds. The summed E-state index contributed by atoms with van der Waals surface area (Å²) in [4.78, 5) is 13.3. The third kappa shape index (κ3) is 2.83. The molecular weight excluding hydrogens is 202 g/mol. The Balaban J connectivity index is 3.05. The van der Waals surface area contributed by atoms with Gasteiger partial charge in [0.15, 0.2) is 0 Å². The predicted octanol–water partition coefficient (Wildman–Crippen LogP) is 2.04. The van der Waals surface area contributed by atoms with Crippen LogP contribution in [0.2, 0.25) is 0 Å². The molecule has 0 radical (unpaired) electrons. The number of anilines is 1. The lowest BCUT2D eigenvalue weighted by Gasteiger charge is -2.25. The number of amides is 1. The molecule has 1 N–H and O–H groups in total. The molecule has 0 atom stereocenters. The van der Waals surface area contributed by atoms with Gasteiger partial charge in [0, 0.05) is 12.7 Å². The second-order valence-electron chi connectivity index (χ2n) is 4.77. The van der Waals surface area contributed by atoms with Crippen molar-refractivity contribution in [3.05, 3.63) is 29.3 Å². The fourth-order valence-electron chi connectivity index (χ4n) is 1.67. The lowest BCUT2D eigenvalue weighted by molar-refractivity contribution is -0.133. The Hall–Kier alpha value is -1.35. The van der Waals surface area contributed by atoms with Crippen molar-refractivity contribution in [2.24, 2.45) is 0 Å². The van der Waals surface area contributed by atoms with Crippen LogP contribution < -0.4 is 4.90 Å². The molecule has 0 aromatic heterocycles. The van der Waals surface area contributed by atoms with E-state index in [-0.39, 0.29) is 5.91 Å². The number of rotatable bonds is 2. The fourth-order valence-corrected chi connectivity index (χ4v) is 1.67. The molecule has 3 nitrogen and oxygen atoms in total. The molecule has 0 saturated heterocycles. The first-order valence-corrected chi connectivity index (χ1v) is 5.30. The van der Waals surface area contributed by atoms with Gasteiger partial charge in [0.25, 0.3) is 5.91 Å². The Morgan fingerprint density at radius 3 is 2.00 bits per heavy atom. The number of aryl methyl sites for hydroxylation is 2. The minimum Gasteiger partial charge on any atom is -0.381 e. The highest BCUT2D eigenvalue weighted by molar-refractivity contribution is 5.98. The Kier molecular flexibility index (Phi) is 3.38. The summed E-state index contributed by atoms with van der Waals surface area (Å²) in [6.07, 6.45) is 0. The molecule has 0 fully saturated rings. The van der Waals surface area contributed by atoms with Crippen molar-refractivity contribution in [1.82, 2.24) is 0 Å². The summed E-state index contributed by atoms with van der Waals surface area (Å²) in [6.45, 7) is 6.96. The van der Waals surface area contributed by atoms with Crippen molar-refractivity contribution in [3.8, 4) is 0 Å².